The molecular formula is C42H43Cl2F3N2O11. The first kappa shape index (κ1) is 43.8. The summed E-state index contributed by atoms with van der Waals surface area (Å²) in [5.41, 5.74) is -5.74. The Morgan fingerprint density at radius 3 is 2.33 bits per heavy atom. The number of hydrogen-bond donors (Lipinski definition) is 5. The summed E-state index contributed by atoms with van der Waals surface area (Å²) in [6.07, 6.45) is -8.36. The fourth-order valence-electron chi connectivity index (χ4n) is 8.79. The number of nitrogens with one attached hydrogen (secondary N) is 1. The second-order valence-electron chi connectivity index (χ2n) is 15.8. The molecule has 1 saturated heterocycles. The molecule has 60 heavy (non-hydrogen) atoms. The summed E-state index contributed by atoms with van der Waals surface area (Å²) < 4.78 is 74.6. The van der Waals surface area contributed by atoms with Crippen molar-refractivity contribution >= 4 is 40.7 Å². The molecule has 13 nitrogen and oxygen atoms in total. The van der Waals surface area contributed by atoms with E-state index in [-0.39, 0.29) is 26.9 Å². The van der Waals surface area contributed by atoms with Crippen LogP contribution in [0.2, 0.25) is 10.0 Å². The molecule has 3 aromatic rings. The van der Waals surface area contributed by atoms with Crippen LogP contribution in [-0.4, -0.2) is 107 Å². The minimum Gasteiger partial charge on any atom is -0.504 e. The van der Waals surface area contributed by atoms with Crippen LogP contribution >= 0.6 is 23.2 Å². The molecule has 0 unspecified atom stereocenters. The van der Waals surface area contributed by atoms with Crippen molar-refractivity contribution in [1.29, 1.82) is 0 Å². The number of methoxy groups -OCH3 is 1. The van der Waals surface area contributed by atoms with Gasteiger partial charge in [0.2, 0.25) is 0 Å². The minimum absolute atomic E-state index is 0.00934. The summed E-state index contributed by atoms with van der Waals surface area (Å²) in [4.78, 5) is 29.0. The Morgan fingerprint density at radius 2 is 1.70 bits per heavy atom. The molecule has 7 aliphatic rings. The van der Waals surface area contributed by atoms with E-state index in [9.17, 15) is 43.2 Å². The lowest BCUT2D eigenvalue weighted by atomic mass is 9.86. The van der Waals surface area contributed by atoms with Crippen LogP contribution < -0.4 is 10.1 Å². The zero-order valence-corrected chi connectivity index (χ0v) is 34.4. The highest BCUT2D eigenvalue weighted by molar-refractivity contribution is 6.34. The van der Waals surface area contributed by atoms with Gasteiger partial charge in [-0.15, -0.1) is 0 Å². The number of carbonyl (C=O) groups is 2. The second-order valence-corrected chi connectivity index (χ2v) is 16.6. The lowest BCUT2D eigenvalue weighted by Gasteiger charge is -2.51. The highest BCUT2D eigenvalue weighted by Gasteiger charge is 2.63. The topological polar surface area (TPSA) is 176 Å². The Bertz CT molecular complexity index is 2220. The number of likely N-dealkylation sites (N-methyl/N-ethyl adjacent to an activating group) is 1. The molecule has 5 heterocycles. The van der Waals surface area contributed by atoms with Crippen molar-refractivity contribution in [2.45, 2.75) is 86.0 Å². The molecule has 6 bridgehead atoms. The van der Waals surface area contributed by atoms with Crippen LogP contribution in [0.3, 0.4) is 0 Å². The number of benzene rings is 3. The van der Waals surface area contributed by atoms with E-state index in [1.165, 1.54) is 30.3 Å². The Hall–Kier alpha value is -4.23. The van der Waals surface area contributed by atoms with Gasteiger partial charge >= 0.3 is 12.1 Å². The van der Waals surface area contributed by atoms with Crippen LogP contribution in [0, 0.1) is 0 Å². The summed E-state index contributed by atoms with van der Waals surface area (Å²) in [5.74, 6) is -3.75. The van der Waals surface area contributed by atoms with Crippen LogP contribution in [0.5, 0.6) is 11.5 Å². The Balaban J connectivity index is 1.33. The number of phenolic OH excluding ortho intramolecular Hbond substituents is 1. The van der Waals surface area contributed by atoms with Crippen molar-refractivity contribution in [3.8, 4) is 11.5 Å². The number of ether oxygens (including phenoxy) is 5. The first-order valence-electron chi connectivity index (χ1n) is 18.8. The molecule has 0 spiro atoms. The fourth-order valence-corrected chi connectivity index (χ4v) is 9.45. The van der Waals surface area contributed by atoms with E-state index in [1.807, 2.05) is 0 Å². The Morgan fingerprint density at radius 1 is 1.02 bits per heavy atom. The number of halogens is 5. The van der Waals surface area contributed by atoms with Crippen LogP contribution in [0.15, 0.2) is 72.8 Å². The molecule has 10 rings (SSSR count). The maximum Gasteiger partial charge on any atom is 0.430 e. The number of aromatic hydroxyl groups is 1. The average Bonchev–Trinajstić information content (AvgIpc) is 3.68. The molecule has 18 heteroatoms. The number of carbonyl (C=O) groups excluding carboxylic acids is 2. The number of fused-ring (bicyclic) bond motifs is 1. The van der Waals surface area contributed by atoms with E-state index in [4.69, 9.17) is 46.9 Å². The van der Waals surface area contributed by atoms with Gasteiger partial charge in [-0.05, 0) is 51.7 Å². The van der Waals surface area contributed by atoms with E-state index in [0.29, 0.717) is 16.7 Å². The largest absolute Gasteiger partial charge is 0.504 e. The third kappa shape index (κ3) is 7.14. The van der Waals surface area contributed by atoms with E-state index in [2.05, 4.69) is 5.32 Å². The van der Waals surface area contributed by atoms with Crippen molar-refractivity contribution in [2.24, 2.45) is 0 Å². The van der Waals surface area contributed by atoms with Crippen molar-refractivity contribution in [1.82, 2.24) is 10.2 Å². The number of hydrogen-bond acceptors (Lipinski definition) is 12. The zero-order valence-electron chi connectivity index (χ0n) is 32.9. The van der Waals surface area contributed by atoms with Crippen LogP contribution in [0.1, 0.15) is 66.3 Å². The molecule has 0 aromatic heterocycles. The molecule has 3 aromatic carbocycles. The maximum atomic E-state index is 14.9. The number of phenols is 1. The lowest BCUT2D eigenvalue weighted by molar-refractivity contribution is -0.329. The normalized spacial score (nSPS) is 29.5. The predicted molar refractivity (Wildman–Crippen MR) is 210 cm³/mol. The number of nitrogens with zero attached hydrogens (tertiary/aromatic N) is 1. The number of aliphatic hydroxyl groups is 3. The zero-order chi connectivity index (χ0) is 43.7. The number of aliphatic hydroxyl groups excluding tert-OH is 3. The predicted octanol–water partition coefficient (Wildman–Crippen LogP) is 5.57. The molecule has 0 radical (unpaired) electrons. The summed E-state index contributed by atoms with van der Waals surface area (Å²) >= 11 is 13.9. The summed E-state index contributed by atoms with van der Waals surface area (Å²) in [6, 6.07) is 9.21. The summed E-state index contributed by atoms with van der Waals surface area (Å²) in [6.45, 7) is 2.80. The molecular weight excluding hydrogens is 836 g/mol. The van der Waals surface area contributed by atoms with Gasteiger partial charge in [0.05, 0.1) is 34.2 Å². The first-order chi connectivity index (χ1) is 28.2. The van der Waals surface area contributed by atoms with Gasteiger partial charge in [0.15, 0.2) is 29.5 Å². The van der Waals surface area contributed by atoms with Crippen LogP contribution in [0.4, 0.5) is 13.2 Å². The number of alkyl halides is 3. The quantitative estimate of drug-likeness (QED) is 0.187. The van der Waals surface area contributed by atoms with E-state index in [1.54, 1.807) is 57.1 Å². The summed E-state index contributed by atoms with van der Waals surface area (Å²) in [7, 11) is 4.19. The van der Waals surface area contributed by atoms with Crippen molar-refractivity contribution in [3.63, 3.8) is 0 Å². The average molecular weight is 880 g/mol. The first-order valence-corrected chi connectivity index (χ1v) is 19.6. The third-order valence-electron chi connectivity index (χ3n) is 11.5. The third-order valence-corrected chi connectivity index (χ3v) is 12.1. The van der Waals surface area contributed by atoms with Gasteiger partial charge in [-0.3, -0.25) is 9.59 Å². The molecule has 1 fully saturated rings. The number of esters is 1. The molecule has 5 aliphatic heterocycles. The molecule has 1 amide bonds. The minimum atomic E-state index is -5.30. The lowest BCUT2D eigenvalue weighted by Crippen LogP contribution is -2.67. The van der Waals surface area contributed by atoms with Gasteiger partial charge in [-0.25, -0.2) is 0 Å². The van der Waals surface area contributed by atoms with Gasteiger partial charge in [0.25, 0.3) is 11.5 Å². The van der Waals surface area contributed by atoms with Crippen molar-refractivity contribution < 1.29 is 66.9 Å². The van der Waals surface area contributed by atoms with Crippen LogP contribution in [-0.2, 0) is 34.1 Å². The highest BCUT2D eigenvalue weighted by atomic mass is 35.5. The van der Waals surface area contributed by atoms with Gasteiger partial charge in [0.1, 0.15) is 24.9 Å². The van der Waals surface area contributed by atoms with E-state index < -0.39 is 102 Å². The molecule has 2 aliphatic carbocycles. The number of amides is 1. The standard InChI is InChI=1S/C42H43Cl2F3N2O11/c1-39(2)35(49(3)4)32(53)33(54)37(59-39)60-40-15-9-12-24(40)30-23-14-13-22(31(30)44)28(51)19-57-29(52)18-26(20-16-25(43)34(27(50)17-20)58-36(23)40)48-38(55)41(56-5,42(45,46)47)21-10-7-6-8-11-21/h6-17,26,28,32-33,35-37,50-51,53-54H,18-19H2,1-5H3,(H,48,55)/t26-,28-,32-,33+,35-,36+,37-,40+,41+/m0/s1. The Kier molecular flexibility index (Phi) is 11.6. The SMILES string of the molecule is CO[C@@](C(=O)N[C@H]1CC(=O)OC[C@H](O)c2ccc3c(c2Cl)C2=CC=C[C@]2(O[C@@H]2OC(C)(C)[C@@H](N(C)C)[C@@H](O)[C@H]2O)[C@@H]3Oc2c(O)cc1cc2Cl)(c1ccccc1)C(F)(F)F. The monoisotopic (exact) mass is 878 g/mol. The van der Waals surface area contributed by atoms with Crippen LogP contribution in [0.25, 0.3) is 5.57 Å². The molecule has 5 N–H and O–H groups in total. The maximum absolute atomic E-state index is 14.9. The van der Waals surface area contributed by atoms with Gasteiger partial charge in [-0.1, -0.05) is 77.8 Å². The number of rotatable bonds is 7. The van der Waals surface area contributed by atoms with Gasteiger partial charge in [-0.2, -0.15) is 13.2 Å². The van der Waals surface area contributed by atoms with E-state index in [0.717, 1.165) is 25.3 Å². The molecule has 0 saturated carbocycles. The Labute approximate surface area is 352 Å². The number of allylic oxidation sites excluding steroid dienone is 2. The second kappa shape index (κ2) is 15.9. The summed E-state index contributed by atoms with van der Waals surface area (Å²) in [5, 5.41) is 47.7. The van der Waals surface area contributed by atoms with Gasteiger partial charge < -0.3 is 54.3 Å². The van der Waals surface area contributed by atoms with E-state index >= 15 is 0 Å². The molecule has 322 valence electrons. The van der Waals surface area contributed by atoms with Crippen molar-refractivity contribution in [2.75, 3.05) is 27.8 Å². The molecule has 9 atom stereocenters. The van der Waals surface area contributed by atoms with Crippen molar-refractivity contribution in [3.05, 3.63) is 111 Å². The van der Waals surface area contributed by atoms with Gasteiger partial charge in [0, 0.05) is 34.9 Å². The highest BCUT2D eigenvalue weighted by Crippen LogP contribution is 2.59. The fraction of sp³-hybridized carbons (Fsp3) is 0.429. The smallest absolute Gasteiger partial charge is 0.430 e.